The number of hydrogen-bond donors (Lipinski definition) is 2. The SMILES string of the molecule is O=C(CC1=CCCCC1)N[C@H]1c2ccccc2C[C@H]1O. The molecule has 0 aromatic heterocycles. The first-order valence-electron chi connectivity index (χ1n) is 7.47. The molecule has 106 valence electrons. The molecule has 20 heavy (non-hydrogen) atoms. The highest BCUT2D eigenvalue weighted by Crippen LogP contribution is 2.31. The molecule has 0 fully saturated rings. The molecule has 3 heteroatoms. The fraction of sp³-hybridized carbons (Fsp3) is 0.471. The van der Waals surface area contributed by atoms with Crippen molar-refractivity contribution in [2.75, 3.05) is 0 Å². The van der Waals surface area contributed by atoms with E-state index in [0.29, 0.717) is 12.8 Å². The van der Waals surface area contributed by atoms with Gasteiger partial charge in [-0.25, -0.2) is 0 Å². The summed E-state index contributed by atoms with van der Waals surface area (Å²) in [7, 11) is 0. The number of amides is 1. The molecule has 0 radical (unpaired) electrons. The normalized spacial score (nSPS) is 24.9. The molecule has 3 rings (SSSR count). The number of allylic oxidation sites excluding steroid dienone is 1. The van der Waals surface area contributed by atoms with Crippen molar-refractivity contribution in [1.29, 1.82) is 0 Å². The van der Waals surface area contributed by atoms with E-state index in [1.165, 1.54) is 18.4 Å². The minimum atomic E-state index is -0.503. The molecule has 0 spiro atoms. The monoisotopic (exact) mass is 271 g/mol. The molecule has 0 bridgehead atoms. The minimum absolute atomic E-state index is 0.0268. The second-order valence-electron chi connectivity index (χ2n) is 5.80. The van der Waals surface area contributed by atoms with E-state index in [0.717, 1.165) is 24.0 Å². The van der Waals surface area contributed by atoms with E-state index in [-0.39, 0.29) is 11.9 Å². The predicted octanol–water partition coefficient (Wildman–Crippen LogP) is 2.65. The lowest BCUT2D eigenvalue weighted by molar-refractivity contribution is -0.122. The summed E-state index contributed by atoms with van der Waals surface area (Å²) in [6, 6.07) is 7.70. The van der Waals surface area contributed by atoms with Crippen LogP contribution >= 0.6 is 0 Å². The highest BCUT2D eigenvalue weighted by Gasteiger charge is 2.31. The Labute approximate surface area is 119 Å². The summed E-state index contributed by atoms with van der Waals surface area (Å²) in [5.74, 6) is 0.0268. The Bertz CT molecular complexity index is 536. The number of carbonyl (C=O) groups excluding carboxylic acids is 1. The van der Waals surface area contributed by atoms with Gasteiger partial charge in [0.2, 0.25) is 5.91 Å². The summed E-state index contributed by atoms with van der Waals surface area (Å²) in [6.07, 6.45) is 7.36. The van der Waals surface area contributed by atoms with Crippen LogP contribution in [0.25, 0.3) is 0 Å². The van der Waals surface area contributed by atoms with Gasteiger partial charge >= 0.3 is 0 Å². The molecular weight excluding hydrogens is 250 g/mol. The summed E-state index contributed by atoms with van der Waals surface area (Å²) in [5.41, 5.74) is 3.45. The van der Waals surface area contributed by atoms with Crippen LogP contribution in [0.3, 0.4) is 0 Å². The van der Waals surface area contributed by atoms with Crippen molar-refractivity contribution in [1.82, 2.24) is 5.32 Å². The van der Waals surface area contributed by atoms with Gasteiger partial charge in [-0.15, -0.1) is 0 Å². The van der Waals surface area contributed by atoms with E-state index in [9.17, 15) is 9.90 Å². The molecule has 0 saturated heterocycles. The van der Waals surface area contributed by atoms with Crippen molar-refractivity contribution in [3.63, 3.8) is 0 Å². The summed E-state index contributed by atoms with van der Waals surface area (Å²) >= 11 is 0. The number of aliphatic hydroxyl groups excluding tert-OH is 1. The fourth-order valence-corrected chi connectivity index (χ4v) is 3.24. The van der Waals surface area contributed by atoms with Gasteiger partial charge in [0.25, 0.3) is 0 Å². The van der Waals surface area contributed by atoms with Crippen LogP contribution in [-0.4, -0.2) is 17.1 Å². The van der Waals surface area contributed by atoms with Crippen LogP contribution < -0.4 is 5.32 Å². The molecule has 0 aliphatic heterocycles. The van der Waals surface area contributed by atoms with E-state index < -0.39 is 6.10 Å². The van der Waals surface area contributed by atoms with Gasteiger partial charge in [-0.1, -0.05) is 35.9 Å². The van der Waals surface area contributed by atoms with Crippen molar-refractivity contribution in [2.45, 2.75) is 50.7 Å². The maximum absolute atomic E-state index is 12.2. The number of fused-ring (bicyclic) bond motifs is 1. The largest absolute Gasteiger partial charge is 0.390 e. The standard InChI is InChI=1S/C17H21NO2/c19-15-11-13-8-4-5-9-14(13)17(15)18-16(20)10-12-6-2-1-3-7-12/h4-6,8-9,15,17,19H,1-3,7,10-11H2,(H,18,20)/t15-,17+/m1/s1. The highest BCUT2D eigenvalue weighted by atomic mass is 16.3. The van der Waals surface area contributed by atoms with Crippen LogP contribution in [0.5, 0.6) is 0 Å². The number of aliphatic hydroxyl groups is 1. The summed E-state index contributed by atoms with van der Waals surface area (Å²) in [4.78, 5) is 12.2. The molecule has 2 aliphatic rings. The molecule has 1 aromatic rings. The van der Waals surface area contributed by atoms with E-state index >= 15 is 0 Å². The van der Waals surface area contributed by atoms with E-state index in [2.05, 4.69) is 11.4 Å². The van der Waals surface area contributed by atoms with Crippen LogP contribution in [-0.2, 0) is 11.2 Å². The summed E-state index contributed by atoms with van der Waals surface area (Å²) in [6.45, 7) is 0. The smallest absolute Gasteiger partial charge is 0.224 e. The first-order chi connectivity index (χ1) is 9.74. The lowest BCUT2D eigenvalue weighted by Crippen LogP contribution is -2.34. The Kier molecular flexibility index (Phi) is 3.88. The first kappa shape index (κ1) is 13.4. The summed E-state index contributed by atoms with van der Waals surface area (Å²) < 4.78 is 0. The molecular formula is C17H21NO2. The Balaban J connectivity index is 1.65. The van der Waals surface area contributed by atoms with Crippen LogP contribution in [0.2, 0.25) is 0 Å². The molecule has 2 aliphatic carbocycles. The van der Waals surface area contributed by atoms with Crippen LogP contribution in [0, 0.1) is 0 Å². The molecule has 2 N–H and O–H groups in total. The lowest BCUT2D eigenvalue weighted by atomic mass is 9.97. The third-order valence-electron chi connectivity index (χ3n) is 4.29. The Morgan fingerprint density at radius 1 is 1.30 bits per heavy atom. The second-order valence-corrected chi connectivity index (χ2v) is 5.80. The molecule has 3 nitrogen and oxygen atoms in total. The van der Waals surface area contributed by atoms with Crippen LogP contribution in [0.1, 0.15) is 49.3 Å². The maximum Gasteiger partial charge on any atom is 0.224 e. The van der Waals surface area contributed by atoms with Crippen molar-refractivity contribution >= 4 is 5.91 Å². The number of hydrogen-bond acceptors (Lipinski definition) is 2. The van der Waals surface area contributed by atoms with E-state index in [4.69, 9.17) is 0 Å². The van der Waals surface area contributed by atoms with Gasteiger partial charge in [0.15, 0.2) is 0 Å². The van der Waals surface area contributed by atoms with E-state index in [1.54, 1.807) is 0 Å². The van der Waals surface area contributed by atoms with Gasteiger partial charge in [-0.05, 0) is 36.8 Å². The number of benzene rings is 1. The zero-order valence-electron chi connectivity index (χ0n) is 11.6. The van der Waals surface area contributed by atoms with Crippen LogP contribution in [0.4, 0.5) is 0 Å². The van der Waals surface area contributed by atoms with Gasteiger partial charge < -0.3 is 10.4 Å². The van der Waals surface area contributed by atoms with Gasteiger partial charge in [0.05, 0.1) is 12.1 Å². The quantitative estimate of drug-likeness (QED) is 0.830. The zero-order chi connectivity index (χ0) is 13.9. The van der Waals surface area contributed by atoms with Crippen molar-refractivity contribution in [2.24, 2.45) is 0 Å². The number of nitrogens with one attached hydrogen (secondary N) is 1. The van der Waals surface area contributed by atoms with Crippen molar-refractivity contribution in [3.8, 4) is 0 Å². The second kappa shape index (κ2) is 5.80. The topological polar surface area (TPSA) is 49.3 Å². The van der Waals surface area contributed by atoms with Gasteiger partial charge in [0, 0.05) is 12.8 Å². The Morgan fingerprint density at radius 2 is 2.15 bits per heavy atom. The highest BCUT2D eigenvalue weighted by molar-refractivity contribution is 5.79. The van der Waals surface area contributed by atoms with Crippen molar-refractivity contribution in [3.05, 3.63) is 47.0 Å². The zero-order valence-corrected chi connectivity index (χ0v) is 11.6. The first-order valence-corrected chi connectivity index (χ1v) is 7.47. The predicted molar refractivity (Wildman–Crippen MR) is 78.2 cm³/mol. The molecule has 0 heterocycles. The summed E-state index contributed by atoms with van der Waals surface area (Å²) in [5, 5.41) is 13.1. The molecule has 2 atom stereocenters. The van der Waals surface area contributed by atoms with E-state index in [1.807, 2.05) is 24.3 Å². The molecule has 0 saturated carbocycles. The fourth-order valence-electron chi connectivity index (χ4n) is 3.24. The number of rotatable bonds is 3. The van der Waals surface area contributed by atoms with Gasteiger partial charge in [0.1, 0.15) is 0 Å². The molecule has 1 amide bonds. The Hall–Kier alpha value is -1.61. The third-order valence-corrected chi connectivity index (χ3v) is 4.29. The third kappa shape index (κ3) is 2.78. The van der Waals surface area contributed by atoms with Gasteiger partial charge in [-0.3, -0.25) is 4.79 Å². The van der Waals surface area contributed by atoms with Crippen LogP contribution in [0.15, 0.2) is 35.9 Å². The van der Waals surface area contributed by atoms with Crippen molar-refractivity contribution < 1.29 is 9.90 Å². The number of carbonyl (C=O) groups is 1. The van der Waals surface area contributed by atoms with Gasteiger partial charge in [-0.2, -0.15) is 0 Å². The average molecular weight is 271 g/mol. The molecule has 0 unspecified atom stereocenters. The average Bonchev–Trinajstić information content (AvgIpc) is 2.76. The molecule has 1 aromatic carbocycles. The minimum Gasteiger partial charge on any atom is -0.390 e. The maximum atomic E-state index is 12.2. The lowest BCUT2D eigenvalue weighted by Gasteiger charge is -2.19. The Morgan fingerprint density at radius 3 is 2.95 bits per heavy atom.